The Hall–Kier alpha value is -1.26. The molecule has 0 spiro atoms. The highest BCUT2D eigenvalue weighted by molar-refractivity contribution is 9.10. The molecule has 0 saturated carbocycles. The van der Waals surface area contributed by atoms with Crippen LogP contribution < -0.4 is 0 Å². The van der Waals surface area contributed by atoms with Gasteiger partial charge in [0.05, 0.1) is 5.56 Å². The van der Waals surface area contributed by atoms with Crippen LogP contribution in [-0.2, 0) is 6.42 Å². The lowest BCUT2D eigenvalue weighted by Crippen LogP contribution is -2.06. The summed E-state index contributed by atoms with van der Waals surface area (Å²) >= 11 is 3.01. The molecule has 2 rings (SSSR count). The van der Waals surface area contributed by atoms with Crippen molar-refractivity contribution in [3.05, 3.63) is 69.2 Å². The van der Waals surface area contributed by atoms with Gasteiger partial charge in [0.15, 0.2) is 0 Å². The molecule has 0 heterocycles. The molecule has 0 fully saturated rings. The topological polar surface area (TPSA) is 20.2 Å². The molecule has 1 nitrogen and oxygen atoms in total. The zero-order chi connectivity index (χ0) is 14.0. The Morgan fingerprint density at radius 3 is 2.11 bits per heavy atom. The fraction of sp³-hybridized carbons (Fsp3) is 0.200. The van der Waals surface area contributed by atoms with Gasteiger partial charge in [-0.15, -0.1) is 0 Å². The van der Waals surface area contributed by atoms with Gasteiger partial charge >= 0.3 is 0 Å². The normalized spacial score (nSPS) is 12.5. The SMILES string of the molecule is CCc1ccc(C(O)c2c(F)cc(Br)cc2F)cc1. The predicted octanol–water partition coefficient (Wildman–Crippen LogP) is 4.37. The van der Waals surface area contributed by atoms with Crippen molar-refractivity contribution >= 4 is 15.9 Å². The maximum Gasteiger partial charge on any atom is 0.133 e. The van der Waals surface area contributed by atoms with E-state index in [1.165, 1.54) is 0 Å². The molecule has 0 radical (unpaired) electrons. The molecule has 2 aromatic rings. The molecule has 0 bridgehead atoms. The fourth-order valence-corrected chi connectivity index (χ4v) is 2.32. The second-order valence-electron chi connectivity index (χ2n) is 4.28. The average Bonchev–Trinajstić information content (AvgIpc) is 2.37. The molecule has 1 atom stereocenters. The van der Waals surface area contributed by atoms with Gasteiger partial charge in [0.2, 0.25) is 0 Å². The second-order valence-corrected chi connectivity index (χ2v) is 5.20. The van der Waals surface area contributed by atoms with E-state index in [9.17, 15) is 13.9 Å². The molecule has 1 N–H and O–H groups in total. The standard InChI is InChI=1S/C15H13BrF2O/c1-2-9-3-5-10(6-4-9)15(19)14-12(17)7-11(16)8-13(14)18/h3-8,15,19H,2H2,1H3. The summed E-state index contributed by atoms with van der Waals surface area (Å²) in [6, 6.07) is 9.33. The second kappa shape index (κ2) is 5.80. The summed E-state index contributed by atoms with van der Waals surface area (Å²) in [4.78, 5) is 0. The maximum absolute atomic E-state index is 13.8. The van der Waals surface area contributed by atoms with Crippen LogP contribution in [0, 0.1) is 11.6 Å². The Morgan fingerprint density at radius 2 is 1.63 bits per heavy atom. The van der Waals surface area contributed by atoms with E-state index in [0.29, 0.717) is 10.0 Å². The Labute approximate surface area is 119 Å². The molecule has 1 unspecified atom stereocenters. The minimum Gasteiger partial charge on any atom is -0.383 e. The monoisotopic (exact) mass is 326 g/mol. The highest BCUT2D eigenvalue weighted by Gasteiger charge is 2.20. The van der Waals surface area contributed by atoms with E-state index in [1.54, 1.807) is 12.1 Å². The molecular formula is C15H13BrF2O. The van der Waals surface area contributed by atoms with Crippen LogP contribution in [0.1, 0.15) is 29.7 Å². The quantitative estimate of drug-likeness (QED) is 0.887. The maximum atomic E-state index is 13.8. The Kier molecular flexibility index (Phi) is 4.32. The number of halogens is 3. The van der Waals surface area contributed by atoms with Gasteiger partial charge in [0.25, 0.3) is 0 Å². The molecule has 19 heavy (non-hydrogen) atoms. The molecular weight excluding hydrogens is 314 g/mol. The van der Waals surface area contributed by atoms with Crippen LogP contribution in [-0.4, -0.2) is 5.11 Å². The summed E-state index contributed by atoms with van der Waals surface area (Å²) in [6.07, 6.45) is -0.434. The summed E-state index contributed by atoms with van der Waals surface area (Å²) in [5, 5.41) is 10.1. The first-order chi connectivity index (χ1) is 9.02. The zero-order valence-electron chi connectivity index (χ0n) is 10.3. The van der Waals surface area contributed by atoms with Crippen molar-refractivity contribution in [3.8, 4) is 0 Å². The minimum atomic E-state index is -1.31. The molecule has 0 aliphatic rings. The Morgan fingerprint density at radius 1 is 1.11 bits per heavy atom. The van der Waals surface area contributed by atoms with Crippen LogP contribution >= 0.6 is 15.9 Å². The summed E-state index contributed by atoms with van der Waals surface area (Å²) in [5.41, 5.74) is 1.25. The summed E-state index contributed by atoms with van der Waals surface area (Å²) in [6.45, 7) is 2.01. The lowest BCUT2D eigenvalue weighted by molar-refractivity contribution is 0.209. The molecule has 0 aliphatic heterocycles. The van der Waals surface area contributed by atoms with Gasteiger partial charge in [-0.3, -0.25) is 0 Å². The number of benzene rings is 2. The van der Waals surface area contributed by atoms with E-state index >= 15 is 0 Å². The summed E-state index contributed by atoms with van der Waals surface area (Å²) < 4.78 is 27.8. The van der Waals surface area contributed by atoms with Crippen molar-refractivity contribution in [2.24, 2.45) is 0 Å². The van der Waals surface area contributed by atoms with Gasteiger partial charge in [-0.1, -0.05) is 47.1 Å². The first-order valence-electron chi connectivity index (χ1n) is 5.94. The molecule has 4 heteroatoms. The number of hydrogen-bond acceptors (Lipinski definition) is 1. The number of hydrogen-bond donors (Lipinski definition) is 1. The lowest BCUT2D eigenvalue weighted by Gasteiger charge is -2.14. The van der Waals surface area contributed by atoms with Crippen molar-refractivity contribution in [2.75, 3.05) is 0 Å². The van der Waals surface area contributed by atoms with Crippen LogP contribution in [0.2, 0.25) is 0 Å². The van der Waals surface area contributed by atoms with Gasteiger partial charge in [-0.05, 0) is 29.7 Å². The van der Waals surface area contributed by atoms with E-state index in [1.807, 2.05) is 19.1 Å². The van der Waals surface area contributed by atoms with E-state index < -0.39 is 17.7 Å². The predicted molar refractivity (Wildman–Crippen MR) is 73.9 cm³/mol. The van der Waals surface area contributed by atoms with Gasteiger partial charge in [-0.2, -0.15) is 0 Å². The smallest absolute Gasteiger partial charge is 0.133 e. The highest BCUT2D eigenvalue weighted by Crippen LogP contribution is 2.29. The first-order valence-corrected chi connectivity index (χ1v) is 6.73. The minimum absolute atomic E-state index is 0.305. The van der Waals surface area contributed by atoms with E-state index in [0.717, 1.165) is 24.1 Å². The Bertz CT molecular complexity index is 558. The molecule has 0 aromatic heterocycles. The van der Waals surface area contributed by atoms with E-state index in [-0.39, 0.29) is 5.56 Å². The third-order valence-corrected chi connectivity index (χ3v) is 3.48. The number of aliphatic hydroxyl groups excluding tert-OH is 1. The van der Waals surface area contributed by atoms with Gasteiger partial charge in [0, 0.05) is 4.47 Å². The van der Waals surface area contributed by atoms with Crippen molar-refractivity contribution in [1.82, 2.24) is 0 Å². The van der Waals surface area contributed by atoms with Crippen LogP contribution in [0.3, 0.4) is 0 Å². The largest absolute Gasteiger partial charge is 0.383 e. The molecule has 100 valence electrons. The molecule has 0 aliphatic carbocycles. The average molecular weight is 327 g/mol. The van der Waals surface area contributed by atoms with Crippen LogP contribution in [0.5, 0.6) is 0 Å². The number of aryl methyl sites for hydroxylation is 1. The van der Waals surface area contributed by atoms with Crippen molar-refractivity contribution in [2.45, 2.75) is 19.4 Å². The number of aliphatic hydroxyl groups is 1. The van der Waals surface area contributed by atoms with Gasteiger partial charge < -0.3 is 5.11 Å². The third-order valence-electron chi connectivity index (χ3n) is 3.02. The van der Waals surface area contributed by atoms with Crippen LogP contribution in [0.25, 0.3) is 0 Å². The van der Waals surface area contributed by atoms with Crippen LogP contribution in [0.15, 0.2) is 40.9 Å². The van der Waals surface area contributed by atoms with Crippen molar-refractivity contribution in [1.29, 1.82) is 0 Å². The highest BCUT2D eigenvalue weighted by atomic mass is 79.9. The molecule has 0 saturated heterocycles. The van der Waals surface area contributed by atoms with Crippen molar-refractivity contribution in [3.63, 3.8) is 0 Å². The zero-order valence-corrected chi connectivity index (χ0v) is 11.9. The van der Waals surface area contributed by atoms with Gasteiger partial charge in [-0.25, -0.2) is 8.78 Å². The van der Waals surface area contributed by atoms with Gasteiger partial charge in [0.1, 0.15) is 17.7 Å². The summed E-state index contributed by atoms with van der Waals surface area (Å²) in [5.74, 6) is -1.53. The van der Waals surface area contributed by atoms with Crippen LogP contribution in [0.4, 0.5) is 8.78 Å². The third kappa shape index (κ3) is 3.01. The van der Waals surface area contributed by atoms with Crippen molar-refractivity contribution < 1.29 is 13.9 Å². The van der Waals surface area contributed by atoms with E-state index in [4.69, 9.17) is 0 Å². The lowest BCUT2D eigenvalue weighted by atomic mass is 9.99. The summed E-state index contributed by atoms with van der Waals surface area (Å²) in [7, 11) is 0. The molecule has 2 aromatic carbocycles. The molecule has 0 amide bonds. The number of rotatable bonds is 3. The van der Waals surface area contributed by atoms with E-state index in [2.05, 4.69) is 15.9 Å². The fourth-order valence-electron chi connectivity index (χ4n) is 1.92. The first kappa shape index (κ1) is 14.2. The Balaban J connectivity index is 2.40.